The van der Waals surface area contributed by atoms with Crippen molar-refractivity contribution in [2.45, 2.75) is 102 Å². The Morgan fingerprint density at radius 1 is 0.815 bits per heavy atom. The maximum Gasteiger partial charge on any atom is 0.288 e. The first-order valence-electron chi connectivity index (χ1n) is 17.5. The summed E-state index contributed by atoms with van der Waals surface area (Å²) in [6.07, 6.45) is 1.78. The van der Waals surface area contributed by atoms with Gasteiger partial charge in [0.25, 0.3) is 17.0 Å². The van der Waals surface area contributed by atoms with Gasteiger partial charge in [-0.05, 0) is 17.4 Å². The molecule has 0 atom stereocenters. The second-order valence-corrected chi connectivity index (χ2v) is 33.9. The molecule has 0 bridgehead atoms. The fraction of sp³-hybridized carbons (Fsp3) is 0.400. The zero-order valence-corrected chi connectivity index (χ0v) is 38.7. The molecule has 3 aromatic carbocycles. The first-order chi connectivity index (χ1) is 24.1. The van der Waals surface area contributed by atoms with Crippen molar-refractivity contribution in [2.24, 2.45) is 0 Å². The Kier molecular flexibility index (Phi) is 13.6. The van der Waals surface area contributed by atoms with E-state index in [4.69, 9.17) is 4.98 Å². The van der Waals surface area contributed by atoms with E-state index in [1.165, 1.54) is 61.6 Å². The zero-order valence-electron chi connectivity index (χ0n) is 32.4. The van der Waals surface area contributed by atoms with Crippen LogP contribution in [0.3, 0.4) is 0 Å². The third kappa shape index (κ3) is 9.49. The van der Waals surface area contributed by atoms with E-state index in [1.54, 1.807) is 18.3 Å². The minimum absolute atomic E-state index is 0. The fourth-order valence-corrected chi connectivity index (χ4v) is 10.4. The summed E-state index contributed by atoms with van der Waals surface area (Å²) in [6, 6.07) is 21.2. The summed E-state index contributed by atoms with van der Waals surface area (Å²) >= 11 is 1.44. The van der Waals surface area contributed by atoms with Crippen LogP contribution >= 0.6 is 11.3 Å². The van der Waals surface area contributed by atoms with Crippen LogP contribution < -0.4 is 0 Å². The number of nitrogens with zero attached hydrogens (tertiary/aromatic N) is 1. The minimum Gasteiger partial charge on any atom is -0.506 e. The number of allylic oxidation sites excluding steroid dienone is 2. The van der Waals surface area contributed by atoms with Gasteiger partial charge in [0, 0.05) is 64.5 Å². The summed E-state index contributed by atoms with van der Waals surface area (Å²) in [7, 11) is -8.32. The molecule has 0 spiro atoms. The van der Waals surface area contributed by atoms with Gasteiger partial charge in [-0.2, -0.15) is 0 Å². The Bertz CT molecular complexity index is 2180. The van der Waals surface area contributed by atoms with Crippen LogP contribution in [0.5, 0.6) is 0 Å². The van der Waals surface area contributed by atoms with Crippen molar-refractivity contribution in [1.82, 2.24) is 4.98 Å². The SMILES string of the molecule is CC(C)c1cc(-c2nccc3c2sc2c(C(F)(F)C[Si](C)(C)C)cccc23)[c-]c2ccccc12.C[Si](C)(C)C(F)(F)C(=O)/C=C(\O)C(F)(F)[Si](C)(C)C.[Ir]. The van der Waals surface area contributed by atoms with E-state index in [2.05, 4.69) is 44.2 Å². The third-order valence-electron chi connectivity index (χ3n) is 9.03. The van der Waals surface area contributed by atoms with E-state index < -0.39 is 52.8 Å². The molecule has 0 saturated heterocycles. The van der Waals surface area contributed by atoms with E-state index in [0.717, 1.165) is 32.1 Å². The van der Waals surface area contributed by atoms with E-state index in [0.29, 0.717) is 10.6 Å². The average molecular weight is 997 g/mol. The second kappa shape index (κ2) is 16.1. The van der Waals surface area contributed by atoms with Gasteiger partial charge in [-0.3, -0.25) is 9.78 Å². The van der Waals surface area contributed by atoms with Gasteiger partial charge in [-0.25, -0.2) is 26.3 Å². The van der Waals surface area contributed by atoms with Gasteiger partial charge < -0.3 is 5.11 Å². The number of hydrogen-bond donors (Lipinski definition) is 1. The summed E-state index contributed by atoms with van der Waals surface area (Å²) in [5.41, 5.74) is -4.19. The van der Waals surface area contributed by atoms with Crippen molar-refractivity contribution in [3.8, 4) is 11.3 Å². The van der Waals surface area contributed by atoms with E-state index in [-0.39, 0.29) is 37.8 Å². The summed E-state index contributed by atoms with van der Waals surface area (Å²) in [5, 5.41) is 13.4. The average Bonchev–Trinajstić information content (AvgIpc) is 3.41. The predicted molar refractivity (Wildman–Crippen MR) is 217 cm³/mol. The number of halogens is 6. The number of carbonyl (C=O) groups excluding carboxylic acids is 1. The van der Waals surface area contributed by atoms with Gasteiger partial charge in [0.2, 0.25) is 5.78 Å². The molecule has 5 rings (SSSR count). The number of rotatable bonds is 10. The number of thiophene rings is 1. The van der Waals surface area contributed by atoms with Crippen LogP contribution in [0.25, 0.3) is 42.2 Å². The van der Waals surface area contributed by atoms with E-state index >= 15 is 8.78 Å². The molecule has 295 valence electrons. The van der Waals surface area contributed by atoms with Gasteiger partial charge in [-0.15, -0.1) is 40.5 Å². The van der Waals surface area contributed by atoms with Gasteiger partial charge >= 0.3 is 0 Å². The molecule has 0 fully saturated rings. The fourth-order valence-electron chi connectivity index (χ4n) is 5.89. The van der Waals surface area contributed by atoms with Crippen molar-refractivity contribution < 1.29 is 56.3 Å². The number of fused-ring (bicyclic) bond motifs is 4. The molecular formula is C40H48F6IrNO2SSi3-. The largest absolute Gasteiger partial charge is 0.506 e. The molecule has 0 amide bonds. The monoisotopic (exact) mass is 997 g/mol. The summed E-state index contributed by atoms with van der Waals surface area (Å²) in [4.78, 5) is 16.2. The molecule has 0 aliphatic rings. The van der Waals surface area contributed by atoms with Crippen molar-refractivity contribution in [3.63, 3.8) is 0 Å². The van der Waals surface area contributed by atoms with Gasteiger partial charge in [-0.1, -0.05) is 120 Å². The smallest absolute Gasteiger partial charge is 0.288 e. The normalized spacial score (nSPS) is 13.6. The molecule has 54 heavy (non-hydrogen) atoms. The van der Waals surface area contributed by atoms with Crippen molar-refractivity contribution in [1.29, 1.82) is 0 Å². The maximum absolute atomic E-state index is 15.5. The molecule has 0 aliphatic carbocycles. The molecule has 0 unspecified atom stereocenters. The maximum atomic E-state index is 15.5. The van der Waals surface area contributed by atoms with Gasteiger partial charge in [0.15, 0.2) is 5.76 Å². The summed E-state index contributed by atoms with van der Waals surface area (Å²) in [6.45, 7) is 18.0. The predicted octanol–water partition coefficient (Wildman–Crippen LogP) is 13.6. The molecule has 14 heteroatoms. The first kappa shape index (κ1) is 45.8. The Morgan fingerprint density at radius 2 is 1.37 bits per heavy atom. The van der Waals surface area contributed by atoms with E-state index in [9.17, 15) is 27.5 Å². The number of aliphatic hydroxyl groups is 1. The zero-order chi connectivity index (χ0) is 40.1. The first-order valence-corrected chi connectivity index (χ1v) is 29.0. The number of alkyl halides is 6. The standard InChI is InChI=1S/C29H28F2NSSi.C11H20F4O2Si2.Ir/c1-18(2)24-16-20(15-19-9-6-7-10-21(19)24)26-28-23(13-14-32-26)22-11-8-12-25(27(22)33-28)29(30,31)17-34(3,4)5;1-18(2,3)10(12,13)8(16)7-9(17)11(14,15)19(4,5)6;/h6-14,16,18H,17H2,1-5H3;7,16H,1-6H3;/q-1;;/b;8-7-;. The number of hydrogen-bond acceptors (Lipinski definition) is 4. The number of carbonyl (C=O) groups is 1. The van der Waals surface area contributed by atoms with E-state index in [1.807, 2.05) is 37.8 Å². The Balaban J connectivity index is 0.000000338. The molecule has 1 radical (unpaired) electrons. The quantitative estimate of drug-likeness (QED) is 0.0499. The summed E-state index contributed by atoms with van der Waals surface area (Å²) < 4.78 is 87.4. The molecule has 2 aromatic heterocycles. The number of aliphatic hydroxyl groups excluding tert-OH is 1. The van der Waals surface area contributed by atoms with Gasteiger partial charge in [0.05, 0.1) is 8.07 Å². The van der Waals surface area contributed by atoms with Crippen LogP contribution in [0, 0.1) is 6.07 Å². The topological polar surface area (TPSA) is 50.2 Å². The van der Waals surface area contributed by atoms with Crippen LogP contribution in [0.1, 0.15) is 30.9 Å². The number of aromatic nitrogens is 1. The second-order valence-electron chi connectivity index (χ2n) is 17.1. The molecule has 0 saturated carbocycles. The van der Waals surface area contributed by atoms with Crippen molar-refractivity contribution in [3.05, 3.63) is 89.8 Å². The number of benzene rings is 3. The third-order valence-corrected chi connectivity index (χ3v) is 16.1. The van der Waals surface area contributed by atoms with Gasteiger partial charge in [0.1, 0.15) is 16.1 Å². The summed E-state index contributed by atoms with van der Waals surface area (Å²) in [5.74, 6) is -5.82. The Morgan fingerprint density at radius 3 is 1.93 bits per heavy atom. The van der Waals surface area contributed by atoms with Crippen LogP contribution in [-0.4, -0.2) is 51.2 Å². The van der Waals surface area contributed by atoms with Crippen LogP contribution in [0.4, 0.5) is 26.3 Å². The molecule has 5 aromatic rings. The molecule has 2 heterocycles. The molecule has 0 aliphatic heterocycles. The Hall–Kier alpha value is -2.62. The number of pyridine rings is 1. The molecule has 1 N–H and O–H groups in total. The molecule has 3 nitrogen and oxygen atoms in total. The number of ketones is 1. The molecular weight excluding hydrogens is 949 g/mol. The minimum atomic E-state index is -3.68. The van der Waals surface area contributed by atoms with Crippen LogP contribution in [0.15, 0.2) is 72.6 Å². The Labute approximate surface area is 334 Å². The van der Waals surface area contributed by atoms with Crippen LogP contribution in [-0.2, 0) is 30.8 Å². The van der Waals surface area contributed by atoms with Crippen molar-refractivity contribution >= 4 is 72.3 Å². The van der Waals surface area contributed by atoms with Crippen LogP contribution in [0.2, 0.25) is 65.0 Å². The van der Waals surface area contributed by atoms with Crippen molar-refractivity contribution in [2.75, 3.05) is 0 Å².